The number of nitrogens with one attached hydrogen (secondary N) is 1. The number of nitrogens with zero attached hydrogens (tertiary/aromatic N) is 5. The molecule has 37 heavy (non-hydrogen) atoms. The SMILES string of the molecule is [C-]#[N+]c1cnc(Cc2ccc(N3CCN(C)CC3)cc2OC)nc1CCc1cccc(NC(=O)C=C)c1. The smallest absolute Gasteiger partial charge is 0.247 e. The monoisotopic (exact) mass is 496 g/mol. The third-order valence-corrected chi connectivity index (χ3v) is 6.53. The molecule has 2 heterocycles. The van der Waals surface area contributed by atoms with Crippen LogP contribution in [0.1, 0.15) is 22.6 Å². The molecule has 1 aliphatic heterocycles. The Morgan fingerprint density at radius 3 is 2.73 bits per heavy atom. The lowest BCUT2D eigenvalue weighted by Crippen LogP contribution is -2.44. The fraction of sp³-hybridized carbons (Fsp3) is 0.310. The number of ether oxygens (including phenoxy) is 1. The standard InChI is InChI=1S/C29H32N6O2/c1-5-29(36)32-23-8-6-7-21(17-23)9-12-25-26(30-2)20-31-28(33-25)18-22-10-11-24(19-27(22)37-4)35-15-13-34(3)14-16-35/h5-8,10-11,17,19-20H,1,9,12-16,18H2,3-4H3,(H,32,36). The van der Waals surface area contributed by atoms with Crippen LogP contribution in [0.4, 0.5) is 17.1 Å². The van der Waals surface area contributed by atoms with E-state index in [9.17, 15) is 4.79 Å². The van der Waals surface area contributed by atoms with Crippen LogP contribution in [0.2, 0.25) is 0 Å². The minimum atomic E-state index is -0.250. The Hall–Kier alpha value is -4.22. The maximum Gasteiger partial charge on any atom is 0.247 e. The summed E-state index contributed by atoms with van der Waals surface area (Å²) in [6.07, 6.45) is 4.63. The highest BCUT2D eigenvalue weighted by Gasteiger charge is 2.17. The average molecular weight is 497 g/mol. The molecule has 3 aromatic rings. The second-order valence-electron chi connectivity index (χ2n) is 9.09. The summed E-state index contributed by atoms with van der Waals surface area (Å²) >= 11 is 0. The minimum Gasteiger partial charge on any atom is -0.496 e. The Morgan fingerprint density at radius 1 is 1.19 bits per heavy atom. The lowest BCUT2D eigenvalue weighted by Gasteiger charge is -2.34. The Balaban J connectivity index is 1.48. The number of rotatable bonds is 9. The van der Waals surface area contributed by atoms with Gasteiger partial charge in [-0.05, 0) is 49.7 Å². The fourth-order valence-electron chi connectivity index (χ4n) is 4.39. The van der Waals surface area contributed by atoms with Crippen LogP contribution in [-0.4, -0.2) is 61.1 Å². The van der Waals surface area contributed by atoms with Crippen molar-refractivity contribution in [3.8, 4) is 5.75 Å². The van der Waals surface area contributed by atoms with Gasteiger partial charge in [-0.25, -0.2) is 9.83 Å². The number of carbonyl (C=O) groups excluding carboxylic acids is 1. The van der Waals surface area contributed by atoms with Crippen LogP contribution in [0.5, 0.6) is 5.75 Å². The van der Waals surface area contributed by atoms with Crippen LogP contribution < -0.4 is 15.0 Å². The third-order valence-electron chi connectivity index (χ3n) is 6.53. The summed E-state index contributed by atoms with van der Waals surface area (Å²) in [5, 5.41) is 2.78. The molecule has 0 spiro atoms. The highest BCUT2D eigenvalue weighted by atomic mass is 16.5. The fourth-order valence-corrected chi connectivity index (χ4v) is 4.39. The van der Waals surface area contributed by atoms with E-state index in [0.29, 0.717) is 42.2 Å². The maximum absolute atomic E-state index is 11.6. The van der Waals surface area contributed by atoms with Crippen molar-refractivity contribution in [2.45, 2.75) is 19.3 Å². The van der Waals surface area contributed by atoms with E-state index in [2.05, 4.69) is 56.8 Å². The van der Waals surface area contributed by atoms with E-state index in [1.165, 1.54) is 6.08 Å². The first-order chi connectivity index (χ1) is 18.0. The first-order valence-corrected chi connectivity index (χ1v) is 12.3. The molecule has 1 aromatic heterocycles. The molecular weight excluding hydrogens is 464 g/mol. The predicted molar refractivity (Wildman–Crippen MR) is 146 cm³/mol. The van der Waals surface area contributed by atoms with Gasteiger partial charge in [0.2, 0.25) is 11.6 Å². The molecule has 1 aliphatic rings. The van der Waals surface area contributed by atoms with Crippen LogP contribution in [-0.2, 0) is 24.1 Å². The number of benzene rings is 2. The van der Waals surface area contributed by atoms with Crippen molar-refractivity contribution in [1.29, 1.82) is 0 Å². The molecule has 0 aliphatic carbocycles. The van der Waals surface area contributed by atoms with Crippen molar-refractivity contribution in [3.63, 3.8) is 0 Å². The van der Waals surface area contributed by atoms with Crippen LogP contribution in [0, 0.1) is 6.57 Å². The number of methoxy groups -OCH3 is 1. The van der Waals surface area contributed by atoms with E-state index >= 15 is 0 Å². The molecule has 4 rings (SSSR count). The van der Waals surface area contributed by atoms with Crippen LogP contribution in [0.3, 0.4) is 0 Å². The molecule has 1 fully saturated rings. The number of anilines is 2. The first-order valence-electron chi connectivity index (χ1n) is 12.3. The summed E-state index contributed by atoms with van der Waals surface area (Å²) < 4.78 is 5.72. The quantitative estimate of drug-likeness (QED) is 0.352. The van der Waals surface area contributed by atoms with E-state index in [4.69, 9.17) is 16.3 Å². The number of hydrogen-bond acceptors (Lipinski definition) is 6. The van der Waals surface area contributed by atoms with Crippen molar-refractivity contribution in [2.75, 3.05) is 50.6 Å². The van der Waals surface area contributed by atoms with Crippen molar-refractivity contribution in [3.05, 3.63) is 95.4 Å². The summed E-state index contributed by atoms with van der Waals surface area (Å²) in [5.41, 5.74) is 5.09. The molecule has 1 amide bonds. The zero-order valence-electron chi connectivity index (χ0n) is 21.4. The molecule has 1 saturated heterocycles. The number of likely N-dealkylation sites (N-methyl/N-ethyl adjacent to an activating group) is 1. The van der Waals surface area contributed by atoms with E-state index < -0.39 is 0 Å². The highest BCUT2D eigenvalue weighted by molar-refractivity contribution is 5.98. The van der Waals surface area contributed by atoms with Gasteiger partial charge < -0.3 is 19.9 Å². The van der Waals surface area contributed by atoms with Gasteiger partial charge in [0.25, 0.3) is 0 Å². The zero-order chi connectivity index (χ0) is 26.2. The minimum absolute atomic E-state index is 0.250. The number of amides is 1. The molecular formula is C29H32N6O2. The second-order valence-corrected chi connectivity index (χ2v) is 9.09. The Morgan fingerprint density at radius 2 is 2.00 bits per heavy atom. The van der Waals surface area contributed by atoms with Gasteiger partial charge in [0.1, 0.15) is 11.6 Å². The molecule has 1 N–H and O–H groups in total. The molecule has 8 nitrogen and oxygen atoms in total. The van der Waals surface area contributed by atoms with E-state index in [0.717, 1.165) is 48.7 Å². The van der Waals surface area contributed by atoms with Gasteiger partial charge >= 0.3 is 0 Å². The van der Waals surface area contributed by atoms with E-state index in [1.807, 2.05) is 24.3 Å². The van der Waals surface area contributed by atoms with Gasteiger partial charge in [-0.1, -0.05) is 24.8 Å². The first kappa shape index (κ1) is 25.9. The Kier molecular flexibility index (Phi) is 8.49. The van der Waals surface area contributed by atoms with E-state index in [1.54, 1.807) is 13.3 Å². The molecule has 190 valence electrons. The summed E-state index contributed by atoms with van der Waals surface area (Å²) in [6, 6.07) is 14.0. The topological polar surface area (TPSA) is 75.0 Å². The summed E-state index contributed by atoms with van der Waals surface area (Å²) in [5.74, 6) is 1.22. The van der Waals surface area contributed by atoms with Gasteiger partial charge in [0.15, 0.2) is 0 Å². The highest BCUT2D eigenvalue weighted by Crippen LogP contribution is 2.28. The van der Waals surface area contributed by atoms with Crippen LogP contribution in [0.15, 0.2) is 61.3 Å². The molecule has 0 unspecified atom stereocenters. The number of hydrogen-bond donors (Lipinski definition) is 1. The second kappa shape index (κ2) is 12.2. The van der Waals surface area contributed by atoms with E-state index in [-0.39, 0.29) is 5.91 Å². The summed E-state index contributed by atoms with van der Waals surface area (Å²) in [4.78, 5) is 29.2. The summed E-state index contributed by atoms with van der Waals surface area (Å²) in [6.45, 7) is 15.1. The molecule has 2 aromatic carbocycles. The van der Waals surface area contributed by atoms with Crippen LogP contribution in [0.25, 0.3) is 4.85 Å². The Labute approximate surface area is 218 Å². The predicted octanol–water partition coefficient (Wildman–Crippen LogP) is 4.29. The van der Waals surface area contributed by atoms with Gasteiger partial charge in [-0.3, -0.25) is 9.78 Å². The number of aryl methyl sites for hydroxylation is 2. The van der Waals surface area contributed by atoms with Crippen molar-refractivity contribution < 1.29 is 9.53 Å². The van der Waals surface area contributed by atoms with Gasteiger partial charge in [0, 0.05) is 61.8 Å². The van der Waals surface area contributed by atoms with Gasteiger partial charge in [0.05, 0.1) is 19.4 Å². The van der Waals surface area contributed by atoms with Crippen molar-refractivity contribution in [2.24, 2.45) is 0 Å². The molecule has 0 bridgehead atoms. The zero-order valence-corrected chi connectivity index (χ0v) is 21.4. The van der Waals surface area contributed by atoms with Crippen molar-refractivity contribution in [1.82, 2.24) is 14.9 Å². The Bertz CT molecular complexity index is 1310. The third kappa shape index (κ3) is 6.72. The normalized spacial score (nSPS) is 13.6. The van der Waals surface area contributed by atoms with Crippen molar-refractivity contribution >= 4 is 23.0 Å². The molecule has 0 radical (unpaired) electrons. The molecule has 0 saturated carbocycles. The average Bonchev–Trinajstić information content (AvgIpc) is 2.93. The van der Waals surface area contributed by atoms with Gasteiger partial charge in [-0.15, -0.1) is 0 Å². The summed E-state index contributed by atoms with van der Waals surface area (Å²) in [7, 11) is 3.84. The molecule has 8 heteroatoms. The maximum atomic E-state index is 11.6. The number of piperazine rings is 1. The number of aromatic nitrogens is 2. The lowest BCUT2D eigenvalue weighted by molar-refractivity contribution is -0.111. The largest absolute Gasteiger partial charge is 0.496 e. The van der Waals surface area contributed by atoms with Crippen LogP contribution >= 0.6 is 0 Å². The number of carbonyl (C=O) groups is 1. The molecule has 0 atom stereocenters. The van der Waals surface area contributed by atoms with Gasteiger partial charge in [-0.2, -0.15) is 0 Å². The lowest BCUT2D eigenvalue weighted by atomic mass is 10.1.